The second-order valence-electron chi connectivity index (χ2n) is 7.60. The van der Waals surface area contributed by atoms with Gasteiger partial charge in [0.25, 0.3) is 0 Å². The molecule has 4 rings (SSSR count). The lowest BCUT2D eigenvalue weighted by atomic mass is 9.85. The van der Waals surface area contributed by atoms with E-state index < -0.39 is 23.4 Å². The third kappa shape index (κ3) is 4.75. The van der Waals surface area contributed by atoms with Crippen LogP contribution in [0.25, 0.3) is 0 Å². The zero-order valence-electron chi connectivity index (χ0n) is 16.2. The highest BCUT2D eigenvalue weighted by atomic mass is 35.5. The molecule has 31 heavy (non-hydrogen) atoms. The van der Waals surface area contributed by atoms with Crippen molar-refractivity contribution in [2.75, 3.05) is 18.4 Å². The standard InChI is InChI=1S/C21H18Cl2F3N3O2/c22-14-3-1-13(2-4-14)18-12-20(31-28-18)7-9-29(10-8-20)19(30)27-17-6-5-15(23)11-16(17)21(24,25)26/h1-6,11H,7-10,12H2,(H,27,30). The molecule has 0 radical (unpaired) electrons. The van der Waals surface area contributed by atoms with E-state index in [2.05, 4.69) is 10.5 Å². The first-order valence-electron chi connectivity index (χ1n) is 9.59. The Bertz CT molecular complexity index is 1020. The Labute approximate surface area is 186 Å². The van der Waals surface area contributed by atoms with E-state index in [1.54, 1.807) is 12.1 Å². The molecule has 1 spiro atoms. The quantitative estimate of drug-likeness (QED) is 0.566. The van der Waals surface area contributed by atoms with Crippen LogP contribution in [0.5, 0.6) is 0 Å². The number of rotatable bonds is 2. The SMILES string of the molecule is O=C(Nc1ccc(Cl)cc1C(F)(F)F)N1CCC2(CC1)CC(c1ccc(Cl)cc1)=NO2. The summed E-state index contributed by atoms with van der Waals surface area (Å²) in [5.41, 5.74) is -0.0904. The van der Waals surface area contributed by atoms with Gasteiger partial charge in [0.1, 0.15) is 5.60 Å². The first-order chi connectivity index (χ1) is 14.7. The molecule has 10 heteroatoms. The van der Waals surface area contributed by atoms with Gasteiger partial charge in [0, 0.05) is 42.4 Å². The van der Waals surface area contributed by atoms with Crippen LogP contribution in [0.2, 0.25) is 10.0 Å². The number of alkyl halides is 3. The molecule has 2 aliphatic rings. The predicted molar refractivity (Wildman–Crippen MR) is 113 cm³/mol. The fourth-order valence-electron chi connectivity index (χ4n) is 3.76. The van der Waals surface area contributed by atoms with E-state index >= 15 is 0 Å². The molecule has 0 unspecified atom stereocenters. The van der Waals surface area contributed by atoms with Gasteiger partial charge in [-0.15, -0.1) is 0 Å². The van der Waals surface area contributed by atoms with E-state index in [1.807, 2.05) is 12.1 Å². The number of piperidine rings is 1. The van der Waals surface area contributed by atoms with Gasteiger partial charge in [0.15, 0.2) is 0 Å². The number of anilines is 1. The number of halogens is 5. The maximum Gasteiger partial charge on any atom is 0.418 e. The number of oxime groups is 1. The average Bonchev–Trinajstić information content (AvgIpc) is 3.13. The second-order valence-corrected chi connectivity index (χ2v) is 8.47. The molecular weight excluding hydrogens is 454 g/mol. The Morgan fingerprint density at radius 3 is 2.35 bits per heavy atom. The molecule has 2 aliphatic heterocycles. The summed E-state index contributed by atoms with van der Waals surface area (Å²) >= 11 is 11.6. The number of carbonyl (C=O) groups excluding carboxylic acids is 1. The third-order valence-electron chi connectivity index (χ3n) is 5.51. The zero-order valence-corrected chi connectivity index (χ0v) is 17.7. The highest BCUT2D eigenvalue weighted by molar-refractivity contribution is 6.31. The normalized spacial score (nSPS) is 18.0. The van der Waals surface area contributed by atoms with Crippen LogP contribution >= 0.6 is 23.2 Å². The summed E-state index contributed by atoms with van der Waals surface area (Å²) in [4.78, 5) is 19.8. The Hall–Kier alpha value is -2.45. The van der Waals surface area contributed by atoms with Crippen molar-refractivity contribution in [2.24, 2.45) is 5.16 Å². The second kappa shape index (κ2) is 8.24. The molecule has 5 nitrogen and oxygen atoms in total. The molecule has 164 valence electrons. The summed E-state index contributed by atoms with van der Waals surface area (Å²) in [5, 5.41) is 7.15. The fraction of sp³-hybridized carbons (Fsp3) is 0.333. The molecule has 2 aromatic rings. The van der Waals surface area contributed by atoms with Gasteiger partial charge in [0.2, 0.25) is 0 Å². The van der Waals surface area contributed by atoms with Crippen LogP contribution in [0, 0.1) is 0 Å². The number of urea groups is 1. The lowest BCUT2D eigenvalue weighted by Crippen LogP contribution is -2.48. The van der Waals surface area contributed by atoms with Crippen LogP contribution in [0.3, 0.4) is 0 Å². The molecule has 2 aromatic carbocycles. The molecule has 0 aliphatic carbocycles. The van der Waals surface area contributed by atoms with Crippen LogP contribution in [0.15, 0.2) is 47.6 Å². The van der Waals surface area contributed by atoms with Gasteiger partial charge in [-0.2, -0.15) is 13.2 Å². The number of carbonyl (C=O) groups is 1. The number of benzene rings is 2. The van der Waals surface area contributed by atoms with E-state index in [0.717, 1.165) is 23.4 Å². The Kier molecular flexibility index (Phi) is 5.79. The highest BCUT2D eigenvalue weighted by Gasteiger charge is 2.43. The van der Waals surface area contributed by atoms with E-state index in [0.29, 0.717) is 37.4 Å². The minimum atomic E-state index is -4.63. The van der Waals surface area contributed by atoms with Crippen molar-refractivity contribution in [3.63, 3.8) is 0 Å². The summed E-state index contributed by atoms with van der Waals surface area (Å²) in [6.07, 6.45) is -2.99. The summed E-state index contributed by atoms with van der Waals surface area (Å²) in [6, 6.07) is 9.96. The van der Waals surface area contributed by atoms with Gasteiger partial charge >= 0.3 is 12.2 Å². The van der Waals surface area contributed by atoms with Crippen LogP contribution in [-0.4, -0.2) is 35.3 Å². The molecule has 1 saturated heterocycles. The van der Waals surface area contributed by atoms with E-state index in [9.17, 15) is 18.0 Å². The molecule has 0 saturated carbocycles. The van der Waals surface area contributed by atoms with Crippen LogP contribution < -0.4 is 5.32 Å². The monoisotopic (exact) mass is 471 g/mol. The van der Waals surface area contributed by atoms with Crippen molar-refractivity contribution >= 4 is 40.6 Å². The smallest absolute Gasteiger partial charge is 0.388 e. The number of nitrogens with one attached hydrogen (secondary N) is 1. The van der Waals surface area contributed by atoms with Gasteiger partial charge in [-0.3, -0.25) is 0 Å². The van der Waals surface area contributed by atoms with E-state index in [1.165, 1.54) is 11.0 Å². The van der Waals surface area contributed by atoms with Crippen molar-refractivity contribution in [3.8, 4) is 0 Å². The van der Waals surface area contributed by atoms with Crippen molar-refractivity contribution in [1.29, 1.82) is 0 Å². The molecule has 0 bridgehead atoms. The van der Waals surface area contributed by atoms with Crippen molar-refractivity contribution in [2.45, 2.75) is 31.0 Å². The molecule has 2 heterocycles. The van der Waals surface area contributed by atoms with Gasteiger partial charge < -0.3 is 15.1 Å². The Morgan fingerprint density at radius 2 is 1.71 bits per heavy atom. The van der Waals surface area contributed by atoms with Gasteiger partial charge in [-0.05, 0) is 35.9 Å². The van der Waals surface area contributed by atoms with Crippen LogP contribution in [-0.2, 0) is 11.0 Å². The average molecular weight is 472 g/mol. The van der Waals surface area contributed by atoms with Crippen LogP contribution in [0.4, 0.5) is 23.7 Å². The van der Waals surface area contributed by atoms with Gasteiger partial charge in [0.05, 0.1) is 17.0 Å². The zero-order chi connectivity index (χ0) is 22.2. The van der Waals surface area contributed by atoms with E-state index in [-0.39, 0.29) is 10.7 Å². The number of amides is 2. The van der Waals surface area contributed by atoms with Crippen LogP contribution in [0.1, 0.15) is 30.4 Å². The number of nitrogens with zero attached hydrogens (tertiary/aromatic N) is 2. The molecule has 0 aromatic heterocycles. The van der Waals surface area contributed by atoms with E-state index in [4.69, 9.17) is 28.0 Å². The Morgan fingerprint density at radius 1 is 1.06 bits per heavy atom. The maximum atomic E-state index is 13.3. The maximum absolute atomic E-state index is 13.3. The highest BCUT2D eigenvalue weighted by Crippen LogP contribution is 2.38. The largest absolute Gasteiger partial charge is 0.418 e. The topological polar surface area (TPSA) is 53.9 Å². The van der Waals surface area contributed by atoms with Crippen molar-refractivity contribution < 1.29 is 22.8 Å². The first kappa shape index (κ1) is 21.8. The summed E-state index contributed by atoms with van der Waals surface area (Å²) in [6.45, 7) is 0.675. The molecule has 0 atom stereocenters. The first-order valence-corrected chi connectivity index (χ1v) is 10.3. The lowest BCUT2D eigenvalue weighted by Gasteiger charge is -2.37. The molecule has 1 fully saturated rings. The third-order valence-corrected chi connectivity index (χ3v) is 5.99. The van der Waals surface area contributed by atoms with Gasteiger partial charge in [-0.1, -0.05) is 40.5 Å². The fourth-order valence-corrected chi connectivity index (χ4v) is 4.06. The minimum absolute atomic E-state index is 0.0555. The van der Waals surface area contributed by atoms with Crippen molar-refractivity contribution in [1.82, 2.24) is 4.90 Å². The number of hydrogen-bond acceptors (Lipinski definition) is 3. The minimum Gasteiger partial charge on any atom is -0.388 e. The summed E-state index contributed by atoms with van der Waals surface area (Å²) < 4.78 is 39.8. The number of likely N-dealkylation sites (tertiary alicyclic amines) is 1. The lowest BCUT2D eigenvalue weighted by molar-refractivity contribution is -0.136. The number of hydrogen-bond donors (Lipinski definition) is 1. The van der Waals surface area contributed by atoms with Gasteiger partial charge in [-0.25, -0.2) is 4.79 Å². The van der Waals surface area contributed by atoms with Crippen molar-refractivity contribution in [3.05, 3.63) is 63.6 Å². The molecular formula is C21H18Cl2F3N3O2. The summed E-state index contributed by atoms with van der Waals surface area (Å²) in [5.74, 6) is 0. The Balaban J connectivity index is 1.38. The summed E-state index contributed by atoms with van der Waals surface area (Å²) in [7, 11) is 0. The molecule has 1 N–H and O–H groups in total. The predicted octanol–water partition coefficient (Wildman–Crippen LogP) is 6.20. The molecule has 2 amide bonds.